The predicted octanol–water partition coefficient (Wildman–Crippen LogP) is 0.168. The zero-order chi connectivity index (χ0) is 13.2. The molecule has 3 rings (SSSR count). The van der Waals surface area contributed by atoms with E-state index in [1.165, 1.54) is 4.40 Å². The first-order valence-electron chi connectivity index (χ1n) is 6.09. The number of morpholine rings is 1. The Bertz CT molecular complexity index is 674. The lowest BCUT2D eigenvalue weighted by molar-refractivity contribution is 0.0752. The fraction of sp³-hybridized carbons (Fsp3) is 0.308. The van der Waals surface area contributed by atoms with E-state index >= 15 is 0 Å². The fourth-order valence-electron chi connectivity index (χ4n) is 2.24. The number of carbonyl (C=O) groups excluding carboxylic acids is 1. The lowest BCUT2D eigenvalue weighted by atomic mass is 10.1. The van der Waals surface area contributed by atoms with E-state index in [4.69, 9.17) is 4.74 Å². The van der Waals surface area contributed by atoms with Gasteiger partial charge in [0.05, 0.1) is 24.9 Å². The largest absolute Gasteiger partial charge is 0.378 e. The van der Waals surface area contributed by atoms with Gasteiger partial charge in [0, 0.05) is 12.7 Å². The van der Waals surface area contributed by atoms with Crippen LogP contribution in [0.2, 0.25) is 0 Å². The van der Waals surface area contributed by atoms with Crippen LogP contribution >= 0.6 is 0 Å². The van der Waals surface area contributed by atoms with Gasteiger partial charge in [-0.15, -0.1) is 0 Å². The van der Waals surface area contributed by atoms with Crippen LogP contribution in [0.15, 0.2) is 29.2 Å². The van der Waals surface area contributed by atoms with Gasteiger partial charge in [-0.25, -0.2) is 4.98 Å². The minimum absolute atomic E-state index is 0.0895. The molecule has 0 bridgehead atoms. The number of fused-ring (bicyclic) bond motifs is 1. The van der Waals surface area contributed by atoms with E-state index in [2.05, 4.69) is 10.3 Å². The van der Waals surface area contributed by atoms with Crippen LogP contribution in [-0.4, -0.2) is 35.4 Å². The van der Waals surface area contributed by atoms with Crippen molar-refractivity contribution in [3.63, 3.8) is 0 Å². The maximum Gasteiger partial charge on any atom is 0.268 e. The second kappa shape index (κ2) is 4.91. The van der Waals surface area contributed by atoms with Gasteiger partial charge in [-0.05, 0) is 12.1 Å². The molecule has 2 aromatic heterocycles. The van der Waals surface area contributed by atoms with Gasteiger partial charge in [-0.3, -0.25) is 14.0 Å². The number of carbonyl (C=O) groups is 1. The van der Waals surface area contributed by atoms with Gasteiger partial charge in [0.25, 0.3) is 5.56 Å². The third-order valence-electron chi connectivity index (χ3n) is 3.17. The lowest BCUT2D eigenvalue weighted by Crippen LogP contribution is -2.37. The van der Waals surface area contributed by atoms with Gasteiger partial charge in [0.2, 0.25) is 0 Å². The molecule has 19 heavy (non-hydrogen) atoms. The fourth-order valence-corrected chi connectivity index (χ4v) is 2.24. The number of pyridine rings is 1. The quantitative estimate of drug-likeness (QED) is 0.778. The molecule has 1 fully saturated rings. The van der Waals surface area contributed by atoms with Crippen LogP contribution in [-0.2, 0) is 4.74 Å². The Morgan fingerprint density at radius 1 is 1.47 bits per heavy atom. The molecule has 1 N–H and O–H groups in total. The number of hydrogen-bond acceptors (Lipinski definition) is 5. The van der Waals surface area contributed by atoms with Crippen molar-refractivity contribution in [2.24, 2.45) is 0 Å². The van der Waals surface area contributed by atoms with Crippen LogP contribution < -0.4 is 10.9 Å². The molecule has 0 radical (unpaired) electrons. The summed E-state index contributed by atoms with van der Waals surface area (Å²) in [4.78, 5) is 27.9. The van der Waals surface area contributed by atoms with E-state index in [1.54, 1.807) is 24.4 Å². The SMILES string of the molecule is O=Cc1c(C2COCCN2)nc2ccccn2c1=O. The number of aldehydes is 1. The smallest absolute Gasteiger partial charge is 0.268 e. The van der Waals surface area contributed by atoms with Crippen molar-refractivity contribution in [2.45, 2.75) is 6.04 Å². The van der Waals surface area contributed by atoms with Crippen molar-refractivity contribution in [2.75, 3.05) is 19.8 Å². The van der Waals surface area contributed by atoms with Crippen molar-refractivity contribution < 1.29 is 9.53 Å². The molecule has 0 spiro atoms. The van der Waals surface area contributed by atoms with E-state index in [0.29, 0.717) is 37.4 Å². The first-order chi connectivity index (χ1) is 9.31. The highest BCUT2D eigenvalue weighted by atomic mass is 16.5. The number of aromatic nitrogens is 2. The van der Waals surface area contributed by atoms with Gasteiger partial charge in [-0.1, -0.05) is 6.07 Å². The predicted molar refractivity (Wildman–Crippen MR) is 68.4 cm³/mol. The maximum absolute atomic E-state index is 12.2. The Labute approximate surface area is 109 Å². The Morgan fingerprint density at radius 2 is 2.37 bits per heavy atom. The van der Waals surface area contributed by atoms with Crippen LogP contribution in [0.4, 0.5) is 0 Å². The molecule has 1 unspecified atom stereocenters. The summed E-state index contributed by atoms with van der Waals surface area (Å²) in [5.74, 6) is 0. The average molecular weight is 259 g/mol. The van der Waals surface area contributed by atoms with E-state index in [-0.39, 0.29) is 17.2 Å². The van der Waals surface area contributed by atoms with Crippen molar-refractivity contribution in [1.29, 1.82) is 0 Å². The molecule has 1 saturated heterocycles. The molecule has 2 aromatic rings. The maximum atomic E-state index is 12.2. The molecule has 1 aliphatic rings. The molecule has 6 heteroatoms. The topological polar surface area (TPSA) is 72.7 Å². The zero-order valence-corrected chi connectivity index (χ0v) is 10.2. The van der Waals surface area contributed by atoms with Crippen LogP contribution in [0, 0.1) is 0 Å². The lowest BCUT2D eigenvalue weighted by Gasteiger charge is -2.24. The summed E-state index contributed by atoms with van der Waals surface area (Å²) in [6.07, 6.45) is 2.17. The molecule has 1 aliphatic heterocycles. The van der Waals surface area contributed by atoms with Gasteiger partial charge in [-0.2, -0.15) is 0 Å². The summed E-state index contributed by atoms with van der Waals surface area (Å²) in [6.45, 7) is 1.72. The number of rotatable bonds is 2. The normalized spacial score (nSPS) is 19.5. The van der Waals surface area contributed by atoms with Crippen molar-refractivity contribution in [3.8, 4) is 0 Å². The molecular weight excluding hydrogens is 246 g/mol. The highest BCUT2D eigenvalue weighted by molar-refractivity contribution is 5.76. The van der Waals surface area contributed by atoms with Crippen LogP contribution in [0.3, 0.4) is 0 Å². The van der Waals surface area contributed by atoms with Crippen LogP contribution in [0.1, 0.15) is 22.1 Å². The highest BCUT2D eigenvalue weighted by Gasteiger charge is 2.22. The number of hydrogen-bond donors (Lipinski definition) is 1. The van der Waals surface area contributed by atoms with E-state index in [1.807, 2.05) is 0 Å². The summed E-state index contributed by atoms with van der Waals surface area (Å²) in [5, 5.41) is 3.21. The molecule has 0 saturated carbocycles. The van der Waals surface area contributed by atoms with E-state index < -0.39 is 0 Å². The first-order valence-corrected chi connectivity index (χ1v) is 6.09. The third-order valence-corrected chi connectivity index (χ3v) is 3.17. The first kappa shape index (κ1) is 12.0. The Morgan fingerprint density at radius 3 is 3.11 bits per heavy atom. The number of ether oxygens (including phenoxy) is 1. The van der Waals surface area contributed by atoms with Crippen molar-refractivity contribution in [3.05, 3.63) is 46.0 Å². The molecule has 0 aromatic carbocycles. The Kier molecular flexibility index (Phi) is 3.10. The summed E-state index contributed by atoms with van der Waals surface area (Å²) >= 11 is 0. The van der Waals surface area contributed by atoms with Crippen molar-refractivity contribution >= 4 is 11.9 Å². The second-order valence-electron chi connectivity index (χ2n) is 4.34. The van der Waals surface area contributed by atoms with Gasteiger partial charge < -0.3 is 10.1 Å². The zero-order valence-electron chi connectivity index (χ0n) is 10.2. The molecule has 6 nitrogen and oxygen atoms in total. The third kappa shape index (κ3) is 2.05. The summed E-state index contributed by atoms with van der Waals surface area (Å²) < 4.78 is 6.73. The molecule has 98 valence electrons. The molecule has 0 aliphatic carbocycles. The molecule has 0 amide bonds. The molecule has 1 atom stereocenters. The Balaban J connectivity index is 2.22. The van der Waals surface area contributed by atoms with Gasteiger partial charge >= 0.3 is 0 Å². The number of nitrogens with one attached hydrogen (secondary N) is 1. The minimum Gasteiger partial charge on any atom is -0.378 e. The Hall–Kier alpha value is -2.05. The summed E-state index contributed by atoms with van der Waals surface area (Å²) in [5.41, 5.74) is 0.737. The van der Waals surface area contributed by atoms with Gasteiger partial charge in [0.1, 0.15) is 11.2 Å². The molecular formula is C13H13N3O3. The standard InChI is InChI=1S/C13H13N3O3/c17-7-9-12(10-8-19-6-4-14-10)15-11-3-1-2-5-16(11)13(9)18/h1-3,5,7,10,14H,4,6,8H2. The molecule has 3 heterocycles. The van der Waals surface area contributed by atoms with Crippen LogP contribution in [0.25, 0.3) is 5.65 Å². The van der Waals surface area contributed by atoms with Crippen molar-refractivity contribution in [1.82, 2.24) is 14.7 Å². The van der Waals surface area contributed by atoms with E-state index in [9.17, 15) is 9.59 Å². The van der Waals surface area contributed by atoms with Crippen LogP contribution in [0.5, 0.6) is 0 Å². The van der Waals surface area contributed by atoms with E-state index in [0.717, 1.165) is 0 Å². The van der Waals surface area contributed by atoms with Gasteiger partial charge in [0.15, 0.2) is 6.29 Å². The average Bonchev–Trinajstić information content (AvgIpc) is 2.48. The monoisotopic (exact) mass is 259 g/mol. The second-order valence-corrected chi connectivity index (χ2v) is 4.34. The highest BCUT2D eigenvalue weighted by Crippen LogP contribution is 2.15. The summed E-state index contributed by atoms with van der Waals surface area (Å²) in [7, 11) is 0. The minimum atomic E-state index is -0.344. The number of nitrogens with zero attached hydrogens (tertiary/aromatic N) is 2. The summed E-state index contributed by atoms with van der Waals surface area (Å²) in [6, 6.07) is 5.05.